The fraction of sp³-hybridized carbons (Fsp3) is 0.0714. The fourth-order valence-corrected chi connectivity index (χ4v) is 2.13. The minimum atomic E-state index is -0.408. The van der Waals surface area contributed by atoms with E-state index in [0.29, 0.717) is 26.4 Å². The van der Waals surface area contributed by atoms with E-state index in [1.165, 1.54) is 12.1 Å². The number of rotatable bonds is 2. The maximum atomic E-state index is 11.9. The number of amides is 2. The van der Waals surface area contributed by atoms with Gasteiger partial charge in [0, 0.05) is 5.69 Å². The van der Waals surface area contributed by atoms with E-state index >= 15 is 0 Å². The van der Waals surface area contributed by atoms with Crippen molar-refractivity contribution in [2.24, 2.45) is 0 Å². The van der Waals surface area contributed by atoms with E-state index in [4.69, 9.17) is 34.8 Å². The summed E-state index contributed by atoms with van der Waals surface area (Å²) >= 11 is 17.7. The summed E-state index contributed by atoms with van der Waals surface area (Å²) in [4.78, 5) is 11.9. The molecule has 2 amide bonds. The molecule has 2 aromatic carbocycles. The van der Waals surface area contributed by atoms with E-state index in [0.717, 1.165) is 5.56 Å². The molecule has 6 heteroatoms. The average Bonchev–Trinajstić information content (AvgIpc) is 2.39. The highest BCUT2D eigenvalue weighted by Gasteiger charge is 2.09. The first-order valence-corrected chi connectivity index (χ1v) is 6.88. The fourth-order valence-electron chi connectivity index (χ4n) is 1.54. The Morgan fingerprint density at radius 2 is 1.50 bits per heavy atom. The second-order valence-electron chi connectivity index (χ2n) is 4.19. The van der Waals surface area contributed by atoms with E-state index in [1.807, 2.05) is 31.2 Å². The number of nitrogens with one attached hydrogen (secondary N) is 2. The average molecular weight is 330 g/mol. The molecule has 0 radical (unpaired) electrons. The Labute approximate surface area is 131 Å². The maximum absolute atomic E-state index is 11.9. The van der Waals surface area contributed by atoms with Gasteiger partial charge in [0.15, 0.2) is 0 Å². The third-order valence-electron chi connectivity index (χ3n) is 2.57. The molecular weight excluding hydrogens is 319 g/mol. The minimum Gasteiger partial charge on any atom is -0.308 e. The van der Waals surface area contributed by atoms with Gasteiger partial charge in [-0.25, -0.2) is 4.79 Å². The molecular formula is C14H11Cl3N2O. The monoisotopic (exact) mass is 328 g/mol. The third-order valence-corrected chi connectivity index (χ3v) is 3.60. The number of benzene rings is 2. The number of hydrogen-bond acceptors (Lipinski definition) is 1. The van der Waals surface area contributed by atoms with Gasteiger partial charge < -0.3 is 10.6 Å². The Morgan fingerprint density at radius 1 is 0.900 bits per heavy atom. The Morgan fingerprint density at radius 3 is 2.15 bits per heavy atom. The van der Waals surface area contributed by atoms with Gasteiger partial charge in [-0.3, -0.25) is 0 Å². The topological polar surface area (TPSA) is 41.1 Å². The zero-order chi connectivity index (χ0) is 14.7. The molecule has 0 fully saturated rings. The molecule has 2 rings (SSSR count). The summed E-state index contributed by atoms with van der Waals surface area (Å²) in [6.07, 6.45) is 0. The van der Waals surface area contributed by atoms with E-state index in [1.54, 1.807) is 0 Å². The van der Waals surface area contributed by atoms with Crippen LogP contribution in [0.1, 0.15) is 5.56 Å². The quantitative estimate of drug-likeness (QED) is 0.692. The Bertz CT molecular complexity index is 642. The van der Waals surface area contributed by atoms with Gasteiger partial charge in [0.2, 0.25) is 0 Å². The smallest absolute Gasteiger partial charge is 0.308 e. The molecule has 2 N–H and O–H groups in total. The lowest BCUT2D eigenvalue weighted by Crippen LogP contribution is -2.19. The van der Waals surface area contributed by atoms with E-state index in [9.17, 15) is 4.79 Å². The molecule has 3 nitrogen and oxygen atoms in total. The molecule has 0 saturated carbocycles. The van der Waals surface area contributed by atoms with Crippen LogP contribution in [0.15, 0.2) is 36.4 Å². The number of urea groups is 1. The standard InChI is InChI=1S/C14H11Cl3N2O/c1-8-2-4-9(5-3-8)18-14(20)19-13-7-11(16)10(15)6-12(13)17/h2-7H,1H3,(H2,18,19,20). The van der Waals surface area contributed by atoms with Crippen LogP contribution in [0, 0.1) is 6.92 Å². The predicted octanol–water partition coefficient (Wildman–Crippen LogP) is 5.60. The first kappa shape index (κ1) is 15.0. The van der Waals surface area contributed by atoms with Crippen LogP contribution in [-0.4, -0.2) is 6.03 Å². The molecule has 0 saturated heterocycles. The van der Waals surface area contributed by atoms with E-state index in [-0.39, 0.29) is 0 Å². The van der Waals surface area contributed by atoms with Crippen molar-refractivity contribution >= 4 is 52.2 Å². The second-order valence-corrected chi connectivity index (χ2v) is 5.41. The summed E-state index contributed by atoms with van der Waals surface area (Å²) in [6.45, 7) is 1.97. The van der Waals surface area contributed by atoms with E-state index < -0.39 is 6.03 Å². The van der Waals surface area contributed by atoms with Crippen molar-refractivity contribution in [3.63, 3.8) is 0 Å². The number of carbonyl (C=O) groups is 1. The number of aryl methyl sites for hydroxylation is 1. The van der Waals surface area contributed by atoms with Crippen LogP contribution in [0.4, 0.5) is 16.2 Å². The summed E-state index contributed by atoms with van der Waals surface area (Å²) in [5, 5.41) is 6.28. The van der Waals surface area contributed by atoms with Crippen LogP contribution in [-0.2, 0) is 0 Å². The van der Waals surface area contributed by atoms with Gasteiger partial charge in [-0.05, 0) is 31.2 Å². The molecule has 0 aliphatic heterocycles. The van der Waals surface area contributed by atoms with Crippen LogP contribution < -0.4 is 10.6 Å². The molecule has 20 heavy (non-hydrogen) atoms. The first-order chi connectivity index (χ1) is 9.45. The van der Waals surface area contributed by atoms with E-state index in [2.05, 4.69) is 10.6 Å². The number of hydrogen-bond donors (Lipinski definition) is 2. The van der Waals surface area contributed by atoms with Gasteiger partial charge in [0.05, 0.1) is 20.8 Å². The highest BCUT2D eigenvalue weighted by Crippen LogP contribution is 2.32. The minimum absolute atomic E-state index is 0.318. The van der Waals surface area contributed by atoms with Crippen molar-refractivity contribution < 1.29 is 4.79 Å². The molecule has 0 bridgehead atoms. The summed E-state index contributed by atoms with van der Waals surface area (Å²) in [5.41, 5.74) is 2.19. The van der Waals surface area contributed by atoms with Gasteiger partial charge >= 0.3 is 6.03 Å². The molecule has 104 valence electrons. The number of carbonyl (C=O) groups excluding carboxylic acids is 1. The molecule has 0 unspecified atom stereocenters. The Balaban J connectivity index is 2.08. The molecule has 0 aliphatic rings. The number of halogens is 3. The summed E-state index contributed by atoms with van der Waals surface area (Å²) in [5.74, 6) is 0. The van der Waals surface area contributed by atoms with Crippen molar-refractivity contribution in [1.82, 2.24) is 0 Å². The van der Waals surface area contributed by atoms with Crippen molar-refractivity contribution in [2.75, 3.05) is 10.6 Å². The van der Waals surface area contributed by atoms with Crippen LogP contribution >= 0.6 is 34.8 Å². The van der Waals surface area contributed by atoms with Crippen molar-refractivity contribution in [3.05, 3.63) is 57.0 Å². The second kappa shape index (κ2) is 6.35. The highest BCUT2D eigenvalue weighted by atomic mass is 35.5. The summed E-state index contributed by atoms with van der Waals surface area (Å²) in [6, 6.07) is 10.0. The van der Waals surface area contributed by atoms with Crippen LogP contribution in [0.2, 0.25) is 15.1 Å². The lowest BCUT2D eigenvalue weighted by atomic mass is 10.2. The predicted molar refractivity (Wildman–Crippen MR) is 85.3 cm³/mol. The summed E-state index contributed by atoms with van der Waals surface area (Å²) < 4.78 is 0. The SMILES string of the molecule is Cc1ccc(NC(=O)Nc2cc(Cl)c(Cl)cc2Cl)cc1. The Hall–Kier alpha value is -1.42. The van der Waals surface area contributed by atoms with Gasteiger partial charge in [-0.1, -0.05) is 52.5 Å². The van der Waals surface area contributed by atoms with Gasteiger partial charge in [0.25, 0.3) is 0 Å². The van der Waals surface area contributed by atoms with Crippen molar-refractivity contribution in [3.8, 4) is 0 Å². The van der Waals surface area contributed by atoms with Crippen LogP contribution in [0.3, 0.4) is 0 Å². The summed E-state index contributed by atoms with van der Waals surface area (Å²) in [7, 11) is 0. The zero-order valence-corrected chi connectivity index (χ0v) is 12.8. The van der Waals surface area contributed by atoms with Crippen LogP contribution in [0.5, 0.6) is 0 Å². The molecule has 0 atom stereocenters. The van der Waals surface area contributed by atoms with Gasteiger partial charge in [-0.15, -0.1) is 0 Å². The normalized spacial score (nSPS) is 10.2. The van der Waals surface area contributed by atoms with Gasteiger partial charge in [-0.2, -0.15) is 0 Å². The van der Waals surface area contributed by atoms with Crippen molar-refractivity contribution in [2.45, 2.75) is 6.92 Å². The van der Waals surface area contributed by atoms with Gasteiger partial charge in [0.1, 0.15) is 0 Å². The number of anilines is 2. The molecule has 0 aliphatic carbocycles. The van der Waals surface area contributed by atoms with Crippen molar-refractivity contribution in [1.29, 1.82) is 0 Å². The maximum Gasteiger partial charge on any atom is 0.323 e. The molecule has 2 aromatic rings. The largest absolute Gasteiger partial charge is 0.323 e. The molecule has 0 aromatic heterocycles. The lowest BCUT2D eigenvalue weighted by Gasteiger charge is -2.10. The zero-order valence-electron chi connectivity index (χ0n) is 10.5. The first-order valence-electron chi connectivity index (χ1n) is 5.75. The lowest BCUT2D eigenvalue weighted by molar-refractivity contribution is 0.262. The highest BCUT2D eigenvalue weighted by molar-refractivity contribution is 6.44. The Kier molecular flexibility index (Phi) is 4.76. The molecule has 0 heterocycles. The van der Waals surface area contributed by atoms with Crippen LogP contribution in [0.25, 0.3) is 0 Å². The third kappa shape index (κ3) is 3.79. The molecule has 0 spiro atoms.